The lowest BCUT2D eigenvalue weighted by Crippen LogP contribution is -2.49. The van der Waals surface area contributed by atoms with Crippen molar-refractivity contribution in [3.63, 3.8) is 0 Å². The van der Waals surface area contributed by atoms with Gasteiger partial charge in [0.05, 0.1) is 19.9 Å². The maximum absolute atomic E-state index is 13.0. The summed E-state index contributed by atoms with van der Waals surface area (Å²) in [5, 5.41) is 11.8. The molecule has 0 atom stereocenters. The molecule has 10 heteroatoms. The summed E-state index contributed by atoms with van der Waals surface area (Å²) in [6.07, 6.45) is 1.61. The van der Waals surface area contributed by atoms with E-state index in [1.807, 2.05) is 56.0 Å². The molecule has 0 saturated carbocycles. The number of ether oxygens (including phenoxy) is 2. The number of rotatable bonds is 9. The molecule has 2 heterocycles. The molecule has 1 N–H and O–H groups in total. The lowest BCUT2D eigenvalue weighted by atomic mass is 10.1. The number of carbonyl (C=O) groups excluding carboxylic acids is 2. The molecule has 36 heavy (non-hydrogen) atoms. The van der Waals surface area contributed by atoms with E-state index in [4.69, 9.17) is 9.47 Å². The minimum Gasteiger partial charge on any atom is -0.493 e. The molecule has 2 aromatic rings. The Morgan fingerprint density at radius 3 is 2.44 bits per heavy atom. The Kier molecular flexibility index (Phi) is 9.72. The number of benzene rings is 1. The summed E-state index contributed by atoms with van der Waals surface area (Å²) in [5.74, 6) is 2.04. The molecule has 1 aliphatic heterocycles. The number of urea groups is 1. The smallest absolute Gasteiger partial charge is 0.318 e. The van der Waals surface area contributed by atoms with Crippen molar-refractivity contribution >= 4 is 17.8 Å². The number of anilines is 1. The first-order chi connectivity index (χ1) is 17.4. The van der Waals surface area contributed by atoms with Crippen LogP contribution in [0.5, 0.6) is 11.5 Å². The molecule has 1 fully saturated rings. The second kappa shape index (κ2) is 12.9. The Hall–Kier alpha value is -3.56. The lowest BCUT2D eigenvalue weighted by Gasteiger charge is -2.27. The fourth-order valence-corrected chi connectivity index (χ4v) is 4.16. The van der Waals surface area contributed by atoms with Gasteiger partial charge in [-0.3, -0.25) is 4.79 Å². The third-order valence-corrected chi connectivity index (χ3v) is 6.02. The number of nitrogens with zero attached hydrogens (tertiary/aromatic N) is 5. The van der Waals surface area contributed by atoms with E-state index < -0.39 is 0 Å². The summed E-state index contributed by atoms with van der Waals surface area (Å²) in [4.78, 5) is 31.1. The van der Waals surface area contributed by atoms with Gasteiger partial charge >= 0.3 is 6.03 Å². The van der Waals surface area contributed by atoms with Crippen LogP contribution in [0.4, 0.5) is 10.6 Å². The monoisotopic (exact) mass is 498 g/mol. The van der Waals surface area contributed by atoms with Crippen LogP contribution >= 0.6 is 0 Å². The van der Waals surface area contributed by atoms with Crippen molar-refractivity contribution in [2.75, 3.05) is 58.4 Å². The normalized spacial score (nSPS) is 13.8. The number of aromatic nitrogens is 2. The maximum atomic E-state index is 13.0. The molecule has 1 aliphatic rings. The Balaban J connectivity index is 1.61. The molecule has 196 valence electrons. The molecule has 3 amide bonds. The highest BCUT2D eigenvalue weighted by molar-refractivity contribution is 5.84. The van der Waals surface area contributed by atoms with Gasteiger partial charge in [0.15, 0.2) is 17.3 Å². The highest BCUT2D eigenvalue weighted by Crippen LogP contribution is 2.31. The van der Waals surface area contributed by atoms with Crippen molar-refractivity contribution in [2.45, 2.75) is 39.7 Å². The van der Waals surface area contributed by atoms with Gasteiger partial charge < -0.3 is 29.5 Å². The van der Waals surface area contributed by atoms with Gasteiger partial charge in [0.1, 0.15) is 6.54 Å². The van der Waals surface area contributed by atoms with Crippen molar-refractivity contribution in [1.29, 1.82) is 0 Å². The largest absolute Gasteiger partial charge is 0.493 e. The average molecular weight is 499 g/mol. The summed E-state index contributed by atoms with van der Waals surface area (Å²) in [6, 6.07) is 9.37. The van der Waals surface area contributed by atoms with E-state index in [0.717, 1.165) is 36.5 Å². The highest BCUT2D eigenvalue weighted by Gasteiger charge is 2.24. The molecule has 3 rings (SSSR count). The minimum absolute atomic E-state index is 0.0259. The van der Waals surface area contributed by atoms with Crippen LogP contribution in [0.15, 0.2) is 30.3 Å². The van der Waals surface area contributed by atoms with E-state index in [9.17, 15) is 9.59 Å². The van der Waals surface area contributed by atoms with E-state index in [1.165, 1.54) is 0 Å². The number of hydrogen-bond acceptors (Lipinski definition) is 7. The van der Waals surface area contributed by atoms with Gasteiger partial charge in [-0.05, 0) is 57.0 Å². The highest BCUT2D eigenvalue weighted by atomic mass is 16.5. The summed E-state index contributed by atoms with van der Waals surface area (Å²) >= 11 is 0. The number of amides is 3. The summed E-state index contributed by atoms with van der Waals surface area (Å²) in [6.45, 7) is 9.12. The van der Waals surface area contributed by atoms with Crippen LogP contribution in [0.1, 0.15) is 33.6 Å². The molecule has 1 saturated heterocycles. The van der Waals surface area contributed by atoms with Crippen LogP contribution in [-0.4, -0.2) is 91.5 Å². The molecule has 0 aliphatic carbocycles. The third kappa shape index (κ3) is 6.99. The first-order valence-electron chi connectivity index (χ1n) is 12.5. The van der Waals surface area contributed by atoms with E-state index >= 15 is 0 Å². The van der Waals surface area contributed by atoms with Gasteiger partial charge in [0.2, 0.25) is 5.91 Å². The average Bonchev–Trinajstić information content (AvgIpc) is 3.14. The van der Waals surface area contributed by atoms with Crippen molar-refractivity contribution in [2.24, 2.45) is 0 Å². The number of carbonyl (C=O) groups is 2. The van der Waals surface area contributed by atoms with Gasteiger partial charge in [-0.25, -0.2) is 4.79 Å². The fraction of sp³-hybridized carbons (Fsp3) is 0.538. The lowest BCUT2D eigenvalue weighted by molar-refractivity contribution is -0.131. The number of methoxy groups -OCH3 is 2. The molecule has 10 nitrogen and oxygen atoms in total. The molecular weight excluding hydrogens is 460 g/mol. The number of nitrogens with one attached hydrogen (secondary N) is 1. The fourth-order valence-electron chi connectivity index (χ4n) is 4.16. The zero-order valence-corrected chi connectivity index (χ0v) is 22.0. The molecular formula is C26H38N6O4. The SMILES string of the molecule is CCCN(CC(=O)N1CCCN(c2ccc(-c3ccc(OC)c(OC)c3)nn2)CC1)C(=O)NC(C)C. The zero-order valence-electron chi connectivity index (χ0n) is 22.0. The van der Waals surface area contributed by atoms with Crippen LogP contribution in [0.3, 0.4) is 0 Å². The van der Waals surface area contributed by atoms with Gasteiger partial charge in [-0.2, -0.15) is 0 Å². The summed E-state index contributed by atoms with van der Waals surface area (Å²) in [7, 11) is 3.21. The second-order valence-corrected chi connectivity index (χ2v) is 9.09. The molecule has 0 bridgehead atoms. The predicted molar refractivity (Wildman–Crippen MR) is 140 cm³/mol. The van der Waals surface area contributed by atoms with Crippen LogP contribution in [0, 0.1) is 0 Å². The van der Waals surface area contributed by atoms with Crippen LogP contribution in [0.25, 0.3) is 11.3 Å². The van der Waals surface area contributed by atoms with Gasteiger partial charge in [0, 0.05) is 44.3 Å². The molecule has 1 aromatic heterocycles. The quantitative estimate of drug-likeness (QED) is 0.567. The van der Waals surface area contributed by atoms with Crippen molar-refractivity contribution in [3.8, 4) is 22.8 Å². The maximum Gasteiger partial charge on any atom is 0.318 e. The van der Waals surface area contributed by atoms with Gasteiger partial charge in [-0.15, -0.1) is 10.2 Å². The number of hydrogen-bond donors (Lipinski definition) is 1. The van der Waals surface area contributed by atoms with E-state index in [0.29, 0.717) is 37.7 Å². The van der Waals surface area contributed by atoms with Crippen molar-refractivity contribution in [3.05, 3.63) is 30.3 Å². The van der Waals surface area contributed by atoms with E-state index in [-0.39, 0.29) is 24.5 Å². The first-order valence-corrected chi connectivity index (χ1v) is 12.5. The Morgan fingerprint density at radius 1 is 1.03 bits per heavy atom. The van der Waals surface area contributed by atoms with Crippen molar-refractivity contribution < 1.29 is 19.1 Å². The van der Waals surface area contributed by atoms with E-state index in [1.54, 1.807) is 19.1 Å². The molecule has 0 unspecified atom stereocenters. The van der Waals surface area contributed by atoms with Crippen LogP contribution in [0.2, 0.25) is 0 Å². The minimum atomic E-state index is -0.193. The summed E-state index contributed by atoms with van der Waals surface area (Å²) in [5.41, 5.74) is 1.62. The standard InChI is InChI=1S/C26H38N6O4/c1-6-12-32(26(34)27-19(2)3)18-25(33)31-14-7-13-30(15-16-31)24-11-9-21(28-29-24)20-8-10-22(35-4)23(17-20)36-5/h8-11,17,19H,6-7,12-16,18H2,1-5H3,(H,27,34). The van der Waals surface area contributed by atoms with E-state index in [2.05, 4.69) is 20.4 Å². The van der Waals surface area contributed by atoms with Gasteiger partial charge in [-0.1, -0.05) is 6.92 Å². The van der Waals surface area contributed by atoms with Crippen molar-refractivity contribution in [1.82, 2.24) is 25.3 Å². The van der Waals surface area contributed by atoms with Crippen LogP contribution in [-0.2, 0) is 4.79 Å². The van der Waals surface area contributed by atoms with Gasteiger partial charge in [0.25, 0.3) is 0 Å². The molecule has 0 radical (unpaired) electrons. The predicted octanol–water partition coefficient (Wildman–Crippen LogP) is 3.03. The Morgan fingerprint density at radius 2 is 1.81 bits per heavy atom. The molecule has 0 spiro atoms. The Labute approximate surface area is 213 Å². The first kappa shape index (κ1) is 27.0. The Bertz CT molecular complexity index is 1010. The third-order valence-electron chi connectivity index (χ3n) is 6.02. The second-order valence-electron chi connectivity index (χ2n) is 9.09. The topological polar surface area (TPSA) is 100 Å². The van der Waals surface area contributed by atoms with Crippen LogP contribution < -0.4 is 19.7 Å². The zero-order chi connectivity index (χ0) is 26.1. The molecule has 1 aromatic carbocycles. The summed E-state index contributed by atoms with van der Waals surface area (Å²) < 4.78 is 10.7.